The van der Waals surface area contributed by atoms with Crippen LogP contribution in [0.2, 0.25) is 10.0 Å². The molecule has 132 valence electrons. The Morgan fingerprint density at radius 3 is 2.08 bits per heavy atom. The molecule has 3 rings (SSSR count). The molecular weight excluding hydrogens is 383 g/mol. The maximum atomic E-state index is 12.9. The van der Waals surface area contributed by atoms with E-state index in [1.54, 1.807) is 19.1 Å². The highest BCUT2D eigenvalue weighted by atomic mass is 35.5. The number of hydrogen-bond acceptors (Lipinski definition) is 4. The average Bonchev–Trinajstić information content (AvgIpc) is 2.84. The summed E-state index contributed by atoms with van der Waals surface area (Å²) in [7, 11) is -3.86. The lowest BCUT2D eigenvalue weighted by Crippen LogP contribution is -2.29. The summed E-state index contributed by atoms with van der Waals surface area (Å²) in [5.74, 6) is 0.210. The number of halogens is 2. The van der Waals surface area contributed by atoms with Crippen LogP contribution in [0.1, 0.15) is 12.5 Å². The lowest BCUT2D eigenvalue weighted by atomic mass is 10.0. The van der Waals surface area contributed by atoms with Crippen molar-refractivity contribution in [3.05, 3.63) is 74.8 Å². The van der Waals surface area contributed by atoms with Gasteiger partial charge < -0.3 is 9.84 Å². The van der Waals surface area contributed by atoms with E-state index in [1.807, 2.05) is 12.1 Å². The number of aliphatic hydroxyl groups excluding tert-OH is 1. The number of hydrogen-bond donors (Lipinski definition) is 1. The van der Waals surface area contributed by atoms with Gasteiger partial charge in [-0.2, -0.15) is 0 Å². The fourth-order valence-electron chi connectivity index (χ4n) is 2.82. The van der Waals surface area contributed by atoms with Gasteiger partial charge in [-0.15, -0.1) is 0 Å². The molecule has 0 fully saturated rings. The molecule has 1 aliphatic heterocycles. The van der Waals surface area contributed by atoms with Crippen LogP contribution in [0, 0.1) is 0 Å². The Labute approximate surface area is 156 Å². The molecule has 4 nitrogen and oxygen atoms in total. The third kappa shape index (κ3) is 3.70. The van der Waals surface area contributed by atoms with Crippen molar-refractivity contribution >= 4 is 33.0 Å². The van der Waals surface area contributed by atoms with Crippen LogP contribution in [0.5, 0.6) is 0 Å². The molecule has 0 aliphatic carbocycles. The van der Waals surface area contributed by atoms with Crippen LogP contribution in [0.3, 0.4) is 0 Å². The zero-order chi connectivity index (χ0) is 18.2. The number of allylic oxidation sites excluding steroid dienone is 1. The smallest absolute Gasteiger partial charge is 0.208 e. The Bertz CT molecular complexity index is 903. The first kappa shape index (κ1) is 18.3. The largest absolute Gasteiger partial charge is 0.490 e. The molecule has 1 N–H and O–H groups in total. The molecule has 0 radical (unpaired) electrons. The fourth-order valence-corrected chi connectivity index (χ4v) is 4.72. The van der Waals surface area contributed by atoms with Gasteiger partial charge in [0.1, 0.15) is 22.9 Å². The second kappa shape index (κ2) is 7.00. The van der Waals surface area contributed by atoms with E-state index >= 15 is 0 Å². The minimum Gasteiger partial charge on any atom is -0.490 e. The van der Waals surface area contributed by atoms with Crippen molar-refractivity contribution in [3.8, 4) is 0 Å². The molecular formula is C18H16Cl2O4S. The number of aliphatic hydroxyl groups is 1. The van der Waals surface area contributed by atoms with E-state index in [0.29, 0.717) is 16.5 Å². The van der Waals surface area contributed by atoms with Crippen molar-refractivity contribution in [2.45, 2.75) is 30.4 Å². The van der Waals surface area contributed by atoms with Gasteiger partial charge in [-0.05, 0) is 48.9 Å². The predicted octanol–water partition coefficient (Wildman–Crippen LogP) is 4.00. The van der Waals surface area contributed by atoms with Crippen LogP contribution in [-0.4, -0.2) is 25.7 Å². The standard InChI is InChI=1S/C18H16Cl2O4S/c1-11-18(25(22,23)15-8-6-14(20)7-9-15)17(21)16(24-11)10-12-2-4-13(19)5-3-12/h2-9,16-17,21H,10H2,1H3. The highest BCUT2D eigenvalue weighted by Crippen LogP contribution is 2.35. The molecule has 0 aromatic heterocycles. The summed E-state index contributed by atoms with van der Waals surface area (Å²) >= 11 is 11.7. The molecule has 2 unspecified atom stereocenters. The number of ether oxygens (including phenoxy) is 1. The molecule has 2 aromatic carbocycles. The minimum absolute atomic E-state index is 0.0704. The average molecular weight is 399 g/mol. The van der Waals surface area contributed by atoms with E-state index in [4.69, 9.17) is 27.9 Å². The third-order valence-electron chi connectivity index (χ3n) is 4.06. The van der Waals surface area contributed by atoms with E-state index in [1.165, 1.54) is 24.3 Å². The van der Waals surface area contributed by atoms with Crippen molar-refractivity contribution in [2.24, 2.45) is 0 Å². The van der Waals surface area contributed by atoms with Gasteiger partial charge in [0.05, 0.1) is 4.90 Å². The quantitative estimate of drug-likeness (QED) is 0.844. The summed E-state index contributed by atoms with van der Waals surface area (Å²) < 4.78 is 31.3. The topological polar surface area (TPSA) is 63.6 Å². The van der Waals surface area contributed by atoms with Crippen molar-refractivity contribution in [3.63, 3.8) is 0 Å². The van der Waals surface area contributed by atoms with Gasteiger partial charge in [0.25, 0.3) is 0 Å². The van der Waals surface area contributed by atoms with Gasteiger partial charge >= 0.3 is 0 Å². The molecule has 1 heterocycles. The van der Waals surface area contributed by atoms with E-state index in [-0.39, 0.29) is 15.6 Å². The Hall–Kier alpha value is -1.53. The number of sulfone groups is 1. The Morgan fingerprint density at radius 2 is 1.52 bits per heavy atom. The van der Waals surface area contributed by atoms with Crippen LogP contribution in [0.15, 0.2) is 64.1 Å². The summed E-state index contributed by atoms with van der Waals surface area (Å²) in [4.78, 5) is -0.0326. The summed E-state index contributed by atoms with van der Waals surface area (Å²) in [5, 5.41) is 11.6. The fraction of sp³-hybridized carbons (Fsp3) is 0.222. The summed E-state index contributed by atoms with van der Waals surface area (Å²) in [6.07, 6.45) is -1.54. The van der Waals surface area contributed by atoms with Crippen molar-refractivity contribution in [2.75, 3.05) is 0 Å². The predicted molar refractivity (Wildman–Crippen MR) is 97.4 cm³/mol. The van der Waals surface area contributed by atoms with Crippen LogP contribution < -0.4 is 0 Å². The molecule has 0 amide bonds. The molecule has 0 spiro atoms. The first-order valence-electron chi connectivity index (χ1n) is 7.59. The molecule has 2 aromatic rings. The number of benzene rings is 2. The van der Waals surface area contributed by atoms with Gasteiger partial charge in [-0.1, -0.05) is 35.3 Å². The summed E-state index contributed by atoms with van der Waals surface area (Å²) in [6, 6.07) is 12.9. The van der Waals surface area contributed by atoms with Crippen LogP contribution in [0.25, 0.3) is 0 Å². The zero-order valence-corrected chi connectivity index (χ0v) is 15.6. The molecule has 1 aliphatic rings. The molecule has 7 heteroatoms. The van der Waals surface area contributed by atoms with Crippen molar-refractivity contribution < 1.29 is 18.3 Å². The maximum Gasteiger partial charge on any atom is 0.208 e. The Morgan fingerprint density at radius 1 is 1.00 bits per heavy atom. The van der Waals surface area contributed by atoms with Crippen LogP contribution >= 0.6 is 23.2 Å². The lowest BCUT2D eigenvalue weighted by Gasteiger charge is -2.16. The molecule has 0 bridgehead atoms. The Kier molecular flexibility index (Phi) is 5.11. The van der Waals surface area contributed by atoms with Crippen LogP contribution in [-0.2, 0) is 21.0 Å². The van der Waals surface area contributed by atoms with Gasteiger partial charge in [-0.3, -0.25) is 0 Å². The summed E-state index contributed by atoms with van der Waals surface area (Å²) in [5.41, 5.74) is 0.895. The van der Waals surface area contributed by atoms with Crippen LogP contribution in [0.4, 0.5) is 0 Å². The van der Waals surface area contributed by atoms with E-state index in [2.05, 4.69) is 0 Å². The SMILES string of the molecule is CC1=C(S(=O)(=O)c2ccc(Cl)cc2)C(O)C(Cc2ccc(Cl)cc2)O1. The van der Waals surface area contributed by atoms with Gasteiger partial charge in [0, 0.05) is 16.5 Å². The highest BCUT2D eigenvalue weighted by Gasteiger charge is 2.41. The molecule has 2 atom stereocenters. The van der Waals surface area contributed by atoms with Crippen molar-refractivity contribution in [1.82, 2.24) is 0 Å². The van der Waals surface area contributed by atoms with E-state index in [9.17, 15) is 13.5 Å². The van der Waals surface area contributed by atoms with Gasteiger partial charge in [0.15, 0.2) is 0 Å². The van der Waals surface area contributed by atoms with E-state index < -0.39 is 22.0 Å². The second-order valence-electron chi connectivity index (χ2n) is 5.81. The first-order valence-corrected chi connectivity index (χ1v) is 9.83. The normalized spacial score (nSPS) is 20.6. The lowest BCUT2D eigenvalue weighted by molar-refractivity contribution is 0.0520. The summed E-state index contributed by atoms with van der Waals surface area (Å²) in [6.45, 7) is 1.55. The third-order valence-corrected chi connectivity index (χ3v) is 6.56. The molecule has 25 heavy (non-hydrogen) atoms. The number of rotatable bonds is 4. The molecule has 0 saturated carbocycles. The monoisotopic (exact) mass is 398 g/mol. The van der Waals surface area contributed by atoms with E-state index in [0.717, 1.165) is 5.56 Å². The Balaban J connectivity index is 1.86. The first-order chi connectivity index (χ1) is 11.8. The van der Waals surface area contributed by atoms with Crippen molar-refractivity contribution in [1.29, 1.82) is 0 Å². The second-order valence-corrected chi connectivity index (χ2v) is 8.60. The van der Waals surface area contributed by atoms with Gasteiger partial charge in [-0.25, -0.2) is 8.42 Å². The molecule has 0 saturated heterocycles. The zero-order valence-electron chi connectivity index (χ0n) is 13.3. The van der Waals surface area contributed by atoms with Gasteiger partial charge in [0.2, 0.25) is 9.84 Å². The highest BCUT2D eigenvalue weighted by molar-refractivity contribution is 7.95. The minimum atomic E-state index is -3.86. The maximum absolute atomic E-state index is 12.9.